The summed E-state index contributed by atoms with van der Waals surface area (Å²) in [5.41, 5.74) is 3.66. The van der Waals surface area contributed by atoms with Crippen LogP contribution in [0.5, 0.6) is 0 Å². The number of carbonyl (C=O) groups is 1. The first-order valence-electron chi connectivity index (χ1n) is 8.43. The summed E-state index contributed by atoms with van der Waals surface area (Å²) in [5, 5.41) is 8.30. The summed E-state index contributed by atoms with van der Waals surface area (Å²) in [6.45, 7) is 1.98. The molecule has 4 aromatic rings. The van der Waals surface area contributed by atoms with Gasteiger partial charge in [-0.05, 0) is 48.2 Å². The van der Waals surface area contributed by atoms with E-state index in [9.17, 15) is 4.79 Å². The lowest BCUT2D eigenvalue weighted by Crippen LogP contribution is -2.26. The Bertz CT molecular complexity index is 1050. The number of hydrogen-bond donors (Lipinski definition) is 1. The maximum Gasteiger partial charge on any atom is 0.251 e. The fraction of sp³-hybridized carbons (Fsp3) is 0.150. The molecule has 0 radical (unpaired) electrons. The summed E-state index contributed by atoms with van der Waals surface area (Å²) in [6, 6.07) is 15.6. The van der Waals surface area contributed by atoms with Crippen LogP contribution in [0.3, 0.4) is 0 Å². The Morgan fingerprint density at radius 3 is 2.65 bits per heavy atom. The Labute approximate surface area is 151 Å². The van der Waals surface area contributed by atoms with Crippen LogP contribution in [0.25, 0.3) is 16.6 Å². The van der Waals surface area contributed by atoms with Crippen LogP contribution in [0.15, 0.2) is 67.4 Å². The van der Waals surface area contributed by atoms with Gasteiger partial charge in [0.25, 0.3) is 5.91 Å². The first-order valence-corrected chi connectivity index (χ1v) is 8.43. The van der Waals surface area contributed by atoms with Gasteiger partial charge in [-0.3, -0.25) is 4.79 Å². The van der Waals surface area contributed by atoms with E-state index in [0.717, 1.165) is 22.2 Å². The molecule has 0 bridgehead atoms. The first-order chi connectivity index (χ1) is 12.6. The highest BCUT2D eigenvalue weighted by atomic mass is 16.1. The van der Waals surface area contributed by atoms with E-state index in [-0.39, 0.29) is 11.9 Å². The van der Waals surface area contributed by atoms with E-state index < -0.39 is 0 Å². The molecule has 4 rings (SSSR count). The van der Waals surface area contributed by atoms with Crippen LogP contribution in [0.1, 0.15) is 28.9 Å². The molecule has 0 saturated heterocycles. The number of nitrogens with one attached hydrogen (secondary N) is 1. The van der Waals surface area contributed by atoms with E-state index in [1.54, 1.807) is 11.0 Å². The average molecular weight is 345 g/mol. The Balaban J connectivity index is 1.50. The molecule has 6 heteroatoms. The number of carbonyl (C=O) groups excluding carboxylic acids is 1. The summed E-state index contributed by atoms with van der Waals surface area (Å²) < 4.78 is 3.71. The van der Waals surface area contributed by atoms with Crippen molar-refractivity contribution in [1.82, 2.24) is 24.6 Å². The fourth-order valence-corrected chi connectivity index (χ4v) is 3.02. The van der Waals surface area contributed by atoms with Gasteiger partial charge in [0, 0.05) is 24.3 Å². The third-order valence-corrected chi connectivity index (χ3v) is 4.57. The lowest BCUT2D eigenvalue weighted by molar-refractivity contribution is 0.0940. The molecule has 0 spiro atoms. The number of hydrogen-bond acceptors (Lipinski definition) is 3. The predicted octanol–water partition coefficient (Wildman–Crippen LogP) is 3.25. The quantitative estimate of drug-likeness (QED) is 0.617. The van der Waals surface area contributed by atoms with Gasteiger partial charge in [-0.25, -0.2) is 9.67 Å². The molecule has 0 aliphatic heterocycles. The van der Waals surface area contributed by atoms with Gasteiger partial charge in [-0.1, -0.05) is 18.2 Å². The summed E-state index contributed by atoms with van der Waals surface area (Å²) in [7, 11) is 1.98. The Morgan fingerprint density at radius 2 is 1.92 bits per heavy atom. The van der Waals surface area contributed by atoms with Gasteiger partial charge in [-0.15, -0.1) is 0 Å². The smallest absolute Gasteiger partial charge is 0.251 e. The van der Waals surface area contributed by atoms with E-state index in [1.165, 1.54) is 6.33 Å². The molecule has 130 valence electrons. The van der Waals surface area contributed by atoms with Gasteiger partial charge in [0.1, 0.15) is 12.7 Å². The number of amides is 1. The molecule has 0 aliphatic rings. The fourth-order valence-electron chi connectivity index (χ4n) is 3.02. The van der Waals surface area contributed by atoms with Crippen molar-refractivity contribution in [3.05, 3.63) is 78.5 Å². The highest BCUT2D eigenvalue weighted by Gasteiger charge is 2.13. The molecule has 1 atom stereocenters. The Morgan fingerprint density at radius 1 is 1.12 bits per heavy atom. The molecule has 26 heavy (non-hydrogen) atoms. The van der Waals surface area contributed by atoms with Crippen LogP contribution >= 0.6 is 0 Å². The van der Waals surface area contributed by atoms with Crippen molar-refractivity contribution in [2.75, 3.05) is 0 Å². The van der Waals surface area contributed by atoms with Crippen molar-refractivity contribution in [2.24, 2.45) is 7.05 Å². The van der Waals surface area contributed by atoms with E-state index in [4.69, 9.17) is 0 Å². The number of aromatic nitrogens is 4. The lowest BCUT2D eigenvalue weighted by Gasteiger charge is -2.15. The minimum absolute atomic E-state index is 0.0825. The molecule has 6 nitrogen and oxygen atoms in total. The van der Waals surface area contributed by atoms with Crippen LogP contribution in [0.2, 0.25) is 0 Å². The van der Waals surface area contributed by atoms with Crippen molar-refractivity contribution >= 4 is 16.8 Å². The summed E-state index contributed by atoms with van der Waals surface area (Å²) in [4.78, 5) is 16.6. The van der Waals surface area contributed by atoms with E-state index >= 15 is 0 Å². The first kappa shape index (κ1) is 16.1. The van der Waals surface area contributed by atoms with Gasteiger partial charge < -0.3 is 9.88 Å². The van der Waals surface area contributed by atoms with Crippen molar-refractivity contribution in [3.63, 3.8) is 0 Å². The van der Waals surface area contributed by atoms with Crippen molar-refractivity contribution in [3.8, 4) is 5.69 Å². The lowest BCUT2D eigenvalue weighted by atomic mass is 10.1. The second-order valence-corrected chi connectivity index (χ2v) is 6.33. The molecule has 1 amide bonds. The normalized spacial score (nSPS) is 12.2. The third kappa shape index (κ3) is 2.97. The zero-order valence-electron chi connectivity index (χ0n) is 14.6. The second-order valence-electron chi connectivity index (χ2n) is 6.33. The van der Waals surface area contributed by atoms with Crippen molar-refractivity contribution in [2.45, 2.75) is 13.0 Å². The van der Waals surface area contributed by atoms with Crippen molar-refractivity contribution < 1.29 is 4.79 Å². The maximum absolute atomic E-state index is 12.6. The third-order valence-electron chi connectivity index (χ3n) is 4.57. The minimum Gasteiger partial charge on any atom is -0.351 e. The van der Waals surface area contributed by atoms with Crippen LogP contribution in [-0.4, -0.2) is 25.2 Å². The molecule has 0 aliphatic carbocycles. The largest absolute Gasteiger partial charge is 0.351 e. The van der Waals surface area contributed by atoms with Crippen LogP contribution in [-0.2, 0) is 7.05 Å². The van der Waals surface area contributed by atoms with Crippen molar-refractivity contribution in [1.29, 1.82) is 0 Å². The number of rotatable bonds is 4. The van der Waals surface area contributed by atoms with Gasteiger partial charge in [0.2, 0.25) is 0 Å². The van der Waals surface area contributed by atoms with Gasteiger partial charge >= 0.3 is 0 Å². The second kappa shape index (κ2) is 6.48. The number of aryl methyl sites for hydroxylation is 1. The molecular formula is C20H19N5O. The van der Waals surface area contributed by atoms with E-state index in [1.807, 2.05) is 73.3 Å². The standard InChI is InChI=1S/C20H19N5O/c1-14(15-5-7-18(8-6-15)25-13-21-12-22-25)23-20(26)17-4-3-16-9-10-24(2)19(16)11-17/h3-14H,1-2H3,(H,23,26)/t14-/m1/s1. The Hall–Kier alpha value is -3.41. The molecule has 0 saturated carbocycles. The van der Waals surface area contributed by atoms with E-state index in [2.05, 4.69) is 15.4 Å². The zero-order valence-corrected chi connectivity index (χ0v) is 14.6. The van der Waals surface area contributed by atoms with Gasteiger partial charge in [-0.2, -0.15) is 5.10 Å². The monoisotopic (exact) mass is 345 g/mol. The molecule has 2 aromatic carbocycles. The highest BCUT2D eigenvalue weighted by Crippen LogP contribution is 2.19. The SMILES string of the molecule is C[C@@H](NC(=O)c1ccc2ccn(C)c2c1)c1ccc(-n2cncn2)cc1. The highest BCUT2D eigenvalue weighted by molar-refractivity contribution is 5.98. The predicted molar refractivity (Wildman–Crippen MR) is 100 cm³/mol. The molecule has 2 aromatic heterocycles. The molecular weight excluding hydrogens is 326 g/mol. The summed E-state index contributed by atoms with van der Waals surface area (Å²) >= 11 is 0. The van der Waals surface area contributed by atoms with Crippen LogP contribution in [0.4, 0.5) is 0 Å². The van der Waals surface area contributed by atoms with Gasteiger partial charge in [0.15, 0.2) is 0 Å². The van der Waals surface area contributed by atoms with Crippen LogP contribution in [0, 0.1) is 0 Å². The average Bonchev–Trinajstić information content (AvgIpc) is 3.32. The molecule has 0 fully saturated rings. The number of fused-ring (bicyclic) bond motifs is 1. The maximum atomic E-state index is 12.6. The van der Waals surface area contributed by atoms with Crippen LogP contribution < -0.4 is 5.32 Å². The summed E-state index contributed by atoms with van der Waals surface area (Å²) in [6.07, 6.45) is 5.14. The summed E-state index contributed by atoms with van der Waals surface area (Å²) in [5.74, 6) is -0.0825. The van der Waals surface area contributed by atoms with E-state index in [0.29, 0.717) is 5.56 Å². The molecule has 2 heterocycles. The molecule has 1 N–H and O–H groups in total. The zero-order chi connectivity index (χ0) is 18.1. The number of benzene rings is 2. The topological polar surface area (TPSA) is 64.7 Å². The number of nitrogens with zero attached hydrogens (tertiary/aromatic N) is 4. The van der Waals surface area contributed by atoms with Gasteiger partial charge in [0.05, 0.1) is 11.7 Å². The minimum atomic E-state index is -0.101. The molecule has 0 unspecified atom stereocenters. The Kier molecular flexibility index (Phi) is 4.01.